The second-order valence-corrected chi connectivity index (χ2v) is 5.43. The molecule has 0 radical (unpaired) electrons. The number of hydrogen-bond acceptors (Lipinski definition) is 3. The van der Waals surface area contributed by atoms with Crippen LogP contribution in [0.15, 0.2) is 23.3 Å². The lowest BCUT2D eigenvalue weighted by Crippen LogP contribution is -2.30. The first-order chi connectivity index (χ1) is 8.95. The molecule has 0 unspecified atom stereocenters. The minimum atomic E-state index is -0.231. The van der Waals surface area contributed by atoms with Crippen LogP contribution in [0.5, 0.6) is 0 Å². The van der Waals surface area contributed by atoms with Gasteiger partial charge in [-0.25, -0.2) is 4.98 Å². The molecule has 1 heterocycles. The number of fused-ring (bicyclic) bond motifs is 1. The Bertz CT molecular complexity index is 659. The Hall–Kier alpha value is -1.68. The van der Waals surface area contributed by atoms with Crippen LogP contribution in [0, 0.1) is 19.8 Å². The average Bonchev–Trinajstić information content (AvgIpc) is 2.33. The van der Waals surface area contributed by atoms with Gasteiger partial charge in [-0.15, -0.1) is 0 Å². The van der Waals surface area contributed by atoms with Crippen molar-refractivity contribution in [3.63, 3.8) is 0 Å². The molecule has 2 rings (SSSR count). The molecular formula is C15H20N2O2. The third-order valence-electron chi connectivity index (χ3n) is 3.53. The number of hydrogen-bond donors (Lipinski definition) is 1. The summed E-state index contributed by atoms with van der Waals surface area (Å²) in [6, 6.07) is 3.65. The van der Waals surface area contributed by atoms with Crippen LogP contribution in [0.2, 0.25) is 0 Å². The molecule has 1 N–H and O–H groups in total. The van der Waals surface area contributed by atoms with Gasteiger partial charge in [0.05, 0.1) is 29.9 Å². The van der Waals surface area contributed by atoms with Crippen LogP contribution < -0.4 is 5.56 Å². The van der Waals surface area contributed by atoms with Gasteiger partial charge < -0.3 is 5.11 Å². The quantitative estimate of drug-likeness (QED) is 0.920. The lowest BCUT2D eigenvalue weighted by Gasteiger charge is -2.21. The van der Waals surface area contributed by atoms with E-state index in [1.807, 2.05) is 39.8 Å². The predicted octanol–water partition coefficient (Wildman–Crippen LogP) is 2.20. The average molecular weight is 260 g/mol. The highest BCUT2D eigenvalue weighted by molar-refractivity contribution is 5.81. The first kappa shape index (κ1) is 13.7. The van der Waals surface area contributed by atoms with Gasteiger partial charge in [0, 0.05) is 0 Å². The first-order valence-electron chi connectivity index (χ1n) is 6.54. The molecule has 0 saturated heterocycles. The van der Waals surface area contributed by atoms with Crippen LogP contribution in [-0.4, -0.2) is 21.3 Å². The van der Waals surface area contributed by atoms with E-state index >= 15 is 0 Å². The van der Waals surface area contributed by atoms with Gasteiger partial charge in [-0.1, -0.05) is 19.9 Å². The maximum absolute atomic E-state index is 12.5. The molecule has 4 heteroatoms. The minimum absolute atomic E-state index is 0.0600. The number of aliphatic hydroxyl groups excluding tert-OH is 1. The Labute approximate surface area is 112 Å². The van der Waals surface area contributed by atoms with E-state index in [9.17, 15) is 9.90 Å². The maximum atomic E-state index is 12.5. The fourth-order valence-corrected chi connectivity index (χ4v) is 2.46. The van der Waals surface area contributed by atoms with Gasteiger partial charge in [0.15, 0.2) is 0 Å². The summed E-state index contributed by atoms with van der Waals surface area (Å²) >= 11 is 0. The minimum Gasteiger partial charge on any atom is -0.394 e. The summed E-state index contributed by atoms with van der Waals surface area (Å²) in [6.07, 6.45) is 1.55. The summed E-state index contributed by atoms with van der Waals surface area (Å²) in [4.78, 5) is 16.9. The van der Waals surface area contributed by atoms with E-state index in [-0.39, 0.29) is 24.1 Å². The monoisotopic (exact) mass is 260 g/mol. The number of nitrogens with zero attached hydrogens (tertiary/aromatic N) is 2. The molecule has 0 spiro atoms. The second kappa shape index (κ2) is 5.13. The van der Waals surface area contributed by atoms with Crippen molar-refractivity contribution < 1.29 is 5.11 Å². The molecule has 0 amide bonds. The van der Waals surface area contributed by atoms with E-state index in [0.717, 1.165) is 16.6 Å². The van der Waals surface area contributed by atoms with Crippen molar-refractivity contribution in [3.05, 3.63) is 39.9 Å². The Morgan fingerprint density at radius 2 is 2.00 bits per heavy atom. The van der Waals surface area contributed by atoms with Crippen molar-refractivity contribution in [1.82, 2.24) is 9.55 Å². The van der Waals surface area contributed by atoms with Crippen LogP contribution in [0.1, 0.15) is 31.0 Å². The molecule has 0 saturated carbocycles. The summed E-state index contributed by atoms with van der Waals surface area (Å²) in [7, 11) is 0. The Morgan fingerprint density at radius 1 is 1.32 bits per heavy atom. The van der Waals surface area contributed by atoms with Crippen LogP contribution in [-0.2, 0) is 0 Å². The molecule has 0 aliphatic carbocycles. The van der Waals surface area contributed by atoms with Crippen molar-refractivity contribution >= 4 is 10.9 Å². The predicted molar refractivity (Wildman–Crippen MR) is 76.4 cm³/mol. The van der Waals surface area contributed by atoms with Crippen molar-refractivity contribution in [2.75, 3.05) is 6.61 Å². The highest BCUT2D eigenvalue weighted by atomic mass is 16.3. The lowest BCUT2D eigenvalue weighted by molar-refractivity contribution is 0.189. The summed E-state index contributed by atoms with van der Waals surface area (Å²) in [5.41, 5.74) is 2.72. The second-order valence-electron chi connectivity index (χ2n) is 5.43. The van der Waals surface area contributed by atoms with Gasteiger partial charge in [-0.05, 0) is 37.0 Å². The zero-order valence-corrected chi connectivity index (χ0v) is 11.8. The third kappa shape index (κ3) is 2.40. The highest BCUT2D eigenvalue weighted by Crippen LogP contribution is 2.18. The molecule has 0 aliphatic rings. The van der Waals surface area contributed by atoms with Crippen LogP contribution >= 0.6 is 0 Å². The largest absolute Gasteiger partial charge is 0.394 e. The SMILES string of the molecule is Cc1cc(C)c2ncn([C@H](CO)C(C)C)c(=O)c2c1. The third-order valence-corrected chi connectivity index (χ3v) is 3.53. The molecule has 0 bridgehead atoms. The van der Waals surface area contributed by atoms with Crippen molar-refractivity contribution in [1.29, 1.82) is 0 Å². The van der Waals surface area contributed by atoms with Gasteiger partial charge in [0.2, 0.25) is 0 Å². The molecule has 1 aromatic heterocycles. The molecule has 4 nitrogen and oxygen atoms in total. The lowest BCUT2D eigenvalue weighted by atomic mass is 10.0. The molecule has 1 aromatic carbocycles. The molecular weight excluding hydrogens is 240 g/mol. The van der Waals surface area contributed by atoms with Crippen LogP contribution in [0.25, 0.3) is 10.9 Å². The van der Waals surface area contributed by atoms with E-state index in [0.29, 0.717) is 5.39 Å². The fourth-order valence-electron chi connectivity index (χ4n) is 2.46. The van der Waals surface area contributed by atoms with Crippen LogP contribution in [0.3, 0.4) is 0 Å². The number of aromatic nitrogens is 2. The summed E-state index contributed by atoms with van der Waals surface area (Å²) in [5, 5.41) is 10.1. The van der Waals surface area contributed by atoms with Gasteiger partial charge in [0.25, 0.3) is 5.56 Å². The number of aliphatic hydroxyl groups is 1. The highest BCUT2D eigenvalue weighted by Gasteiger charge is 2.17. The van der Waals surface area contributed by atoms with E-state index in [1.165, 1.54) is 0 Å². The zero-order chi connectivity index (χ0) is 14.2. The zero-order valence-electron chi connectivity index (χ0n) is 11.8. The van der Waals surface area contributed by atoms with Gasteiger partial charge in [-0.3, -0.25) is 9.36 Å². The van der Waals surface area contributed by atoms with E-state index in [2.05, 4.69) is 4.98 Å². The Morgan fingerprint density at radius 3 is 2.58 bits per heavy atom. The van der Waals surface area contributed by atoms with Crippen molar-refractivity contribution in [2.24, 2.45) is 5.92 Å². The van der Waals surface area contributed by atoms with E-state index in [1.54, 1.807) is 10.9 Å². The normalized spacial score (nSPS) is 13.2. The molecule has 19 heavy (non-hydrogen) atoms. The molecule has 1 atom stereocenters. The van der Waals surface area contributed by atoms with Gasteiger partial charge in [0.1, 0.15) is 0 Å². The molecule has 2 aromatic rings. The smallest absolute Gasteiger partial charge is 0.261 e. The summed E-state index contributed by atoms with van der Waals surface area (Å²) in [5.74, 6) is 0.174. The number of benzene rings is 1. The van der Waals surface area contributed by atoms with Gasteiger partial charge >= 0.3 is 0 Å². The van der Waals surface area contributed by atoms with Crippen molar-refractivity contribution in [3.8, 4) is 0 Å². The number of rotatable bonds is 3. The molecule has 0 fully saturated rings. The standard InChI is InChI=1S/C15H20N2O2/c1-9(2)13(7-18)17-8-16-14-11(4)5-10(3)6-12(14)15(17)19/h5-6,8-9,13,18H,7H2,1-4H3/t13-/m1/s1. The maximum Gasteiger partial charge on any atom is 0.261 e. The fraction of sp³-hybridized carbons (Fsp3) is 0.467. The van der Waals surface area contributed by atoms with Crippen molar-refractivity contribution in [2.45, 2.75) is 33.7 Å². The Balaban J connectivity index is 2.73. The van der Waals surface area contributed by atoms with Gasteiger partial charge in [-0.2, -0.15) is 0 Å². The topological polar surface area (TPSA) is 55.1 Å². The first-order valence-corrected chi connectivity index (χ1v) is 6.54. The summed E-state index contributed by atoms with van der Waals surface area (Å²) in [6.45, 7) is 7.83. The Kier molecular flexibility index (Phi) is 3.71. The molecule has 102 valence electrons. The summed E-state index contributed by atoms with van der Waals surface area (Å²) < 4.78 is 1.55. The number of aryl methyl sites for hydroxylation is 2. The molecule has 0 aliphatic heterocycles. The van der Waals surface area contributed by atoms with E-state index in [4.69, 9.17) is 0 Å². The van der Waals surface area contributed by atoms with Crippen LogP contribution in [0.4, 0.5) is 0 Å². The van der Waals surface area contributed by atoms with E-state index < -0.39 is 0 Å².